The Bertz CT molecular complexity index is 783. The van der Waals surface area contributed by atoms with Crippen LogP contribution in [0.1, 0.15) is 5.69 Å². The maximum Gasteiger partial charge on any atom is 0.436 e. The van der Waals surface area contributed by atoms with Crippen molar-refractivity contribution in [1.29, 1.82) is 0 Å². The van der Waals surface area contributed by atoms with E-state index < -0.39 is 11.9 Å². The lowest BCUT2D eigenvalue weighted by atomic mass is 10.2. The maximum absolute atomic E-state index is 13.1. The van der Waals surface area contributed by atoms with Gasteiger partial charge in [-0.1, -0.05) is 24.3 Å². The molecule has 0 aliphatic heterocycles. The first kappa shape index (κ1) is 14.8. The van der Waals surface area contributed by atoms with E-state index in [4.69, 9.17) is 0 Å². The fourth-order valence-electron chi connectivity index (χ4n) is 2.06. The third-order valence-electron chi connectivity index (χ3n) is 3.00. The fraction of sp³-hybridized carbons (Fsp3) is 0.0667. The van der Waals surface area contributed by atoms with Crippen LogP contribution in [0.3, 0.4) is 0 Å². The van der Waals surface area contributed by atoms with Crippen molar-refractivity contribution in [2.24, 2.45) is 0 Å². The number of pyridine rings is 1. The Labute approximate surface area is 132 Å². The van der Waals surface area contributed by atoms with Gasteiger partial charge in [-0.3, -0.25) is 4.98 Å². The van der Waals surface area contributed by atoms with Crippen LogP contribution in [0.5, 0.6) is 0 Å². The van der Waals surface area contributed by atoms with E-state index >= 15 is 0 Å². The molecule has 22 heavy (non-hydrogen) atoms. The second-order valence-corrected chi connectivity index (χ2v) is 5.26. The van der Waals surface area contributed by atoms with Crippen molar-refractivity contribution < 1.29 is 13.2 Å². The van der Waals surface area contributed by atoms with Crippen molar-refractivity contribution in [3.8, 4) is 17.1 Å². The van der Waals surface area contributed by atoms with Crippen LogP contribution in [-0.4, -0.2) is 14.8 Å². The topological polar surface area (TPSA) is 30.7 Å². The van der Waals surface area contributed by atoms with Gasteiger partial charge in [-0.25, -0.2) is 4.68 Å². The first-order chi connectivity index (χ1) is 10.5. The maximum atomic E-state index is 13.1. The van der Waals surface area contributed by atoms with E-state index in [0.717, 1.165) is 0 Å². The lowest BCUT2D eigenvalue weighted by Gasteiger charge is -2.07. The van der Waals surface area contributed by atoms with E-state index in [1.54, 1.807) is 48.5 Å². The number of hydrogen-bond donors (Lipinski definition) is 0. The fourth-order valence-corrected chi connectivity index (χ4v) is 2.74. The second kappa shape index (κ2) is 5.57. The van der Waals surface area contributed by atoms with Crippen LogP contribution in [0.4, 0.5) is 13.2 Å². The average molecular weight is 368 g/mol. The summed E-state index contributed by atoms with van der Waals surface area (Å²) in [6.07, 6.45) is -3.03. The van der Waals surface area contributed by atoms with Crippen molar-refractivity contribution in [1.82, 2.24) is 14.8 Å². The first-order valence-corrected chi connectivity index (χ1v) is 7.10. The largest absolute Gasteiger partial charge is 0.436 e. The molecule has 0 fully saturated rings. The van der Waals surface area contributed by atoms with Gasteiger partial charge in [0.05, 0.1) is 15.9 Å². The quantitative estimate of drug-likeness (QED) is 0.656. The summed E-state index contributed by atoms with van der Waals surface area (Å²) in [6.45, 7) is 0. The van der Waals surface area contributed by atoms with Gasteiger partial charge in [0.2, 0.25) is 0 Å². The highest BCUT2D eigenvalue weighted by Crippen LogP contribution is 2.40. The zero-order chi connectivity index (χ0) is 15.7. The highest BCUT2D eigenvalue weighted by atomic mass is 79.9. The zero-order valence-electron chi connectivity index (χ0n) is 11.0. The highest BCUT2D eigenvalue weighted by Gasteiger charge is 2.39. The van der Waals surface area contributed by atoms with Gasteiger partial charge in [-0.15, -0.1) is 0 Å². The smallest absolute Gasteiger partial charge is 0.255 e. The van der Waals surface area contributed by atoms with Gasteiger partial charge >= 0.3 is 6.18 Å². The second-order valence-electron chi connectivity index (χ2n) is 4.47. The van der Waals surface area contributed by atoms with Crippen LogP contribution in [0.2, 0.25) is 0 Å². The number of nitrogens with zero attached hydrogens (tertiary/aromatic N) is 3. The summed E-state index contributed by atoms with van der Waals surface area (Å²) in [7, 11) is 0. The molecule has 112 valence electrons. The van der Waals surface area contributed by atoms with Crippen LogP contribution in [-0.2, 0) is 6.18 Å². The number of hydrogen-bond acceptors (Lipinski definition) is 2. The van der Waals surface area contributed by atoms with Crippen molar-refractivity contribution in [2.75, 3.05) is 0 Å². The minimum absolute atomic E-state index is 0.123. The molecule has 0 saturated carbocycles. The molecule has 0 atom stereocenters. The number of alkyl halides is 3. The van der Waals surface area contributed by atoms with Gasteiger partial charge in [-0.05, 0) is 40.2 Å². The molecular weight excluding hydrogens is 359 g/mol. The Morgan fingerprint density at radius 1 is 0.955 bits per heavy atom. The Morgan fingerprint density at radius 2 is 1.64 bits per heavy atom. The van der Waals surface area contributed by atoms with Gasteiger partial charge in [-0.2, -0.15) is 18.3 Å². The lowest BCUT2D eigenvalue weighted by Crippen LogP contribution is -2.08. The van der Waals surface area contributed by atoms with E-state index in [2.05, 4.69) is 26.0 Å². The SMILES string of the molecule is FC(F)(F)c1nn(-c2ccccc2)c(-c2ccccn2)c1Br. The van der Waals surface area contributed by atoms with Crippen LogP contribution >= 0.6 is 15.9 Å². The summed E-state index contributed by atoms with van der Waals surface area (Å²) in [4.78, 5) is 4.13. The molecule has 0 unspecified atom stereocenters. The van der Waals surface area contributed by atoms with Gasteiger partial charge in [0, 0.05) is 6.20 Å². The third-order valence-corrected chi connectivity index (χ3v) is 3.76. The summed E-state index contributed by atoms with van der Waals surface area (Å²) >= 11 is 3.03. The Hall–Kier alpha value is -2.15. The summed E-state index contributed by atoms with van der Waals surface area (Å²) < 4.78 is 40.6. The van der Waals surface area contributed by atoms with Crippen LogP contribution < -0.4 is 0 Å². The predicted octanol–water partition coefficient (Wildman–Crippen LogP) is 4.72. The predicted molar refractivity (Wildman–Crippen MR) is 79.5 cm³/mol. The number of rotatable bonds is 2. The molecule has 0 aliphatic carbocycles. The monoisotopic (exact) mass is 367 g/mol. The van der Waals surface area contributed by atoms with E-state index in [-0.39, 0.29) is 10.2 Å². The minimum atomic E-state index is -4.55. The summed E-state index contributed by atoms with van der Waals surface area (Å²) in [6, 6.07) is 13.7. The molecule has 0 N–H and O–H groups in total. The Kier molecular flexibility index (Phi) is 3.74. The highest BCUT2D eigenvalue weighted by molar-refractivity contribution is 9.10. The molecule has 2 heterocycles. The third kappa shape index (κ3) is 2.64. The molecule has 7 heteroatoms. The van der Waals surface area contributed by atoms with E-state index in [1.165, 1.54) is 10.9 Å². The van der Waals surface area contributed by atoms with Crippen molar-refractivity contribution in [2.45, 2.75) is 6.18 Å². The Morgan fingerprint density at radius 3 is 2.23 bits per heavy atom. The number of halogens is 4. The number of aromatic nitrogens is 3. The van der Waals surface area contributed by atoms with Crippen molar-refractivity contribution >= 4 is 15.9 Å². The molecule has 2 aromatic heterocycles. The standard InChI is InChI=1S/C15H9BrF3N3/c16-12-13(11-8-4-5-9-20-11)22(10-6-2-1-3-7-10)21-14(12)15(17,18)19/h1-9H. The molecular formula is C15H9BrF3N3. The molecule has 0 bridgehead atoms. The summed E-state index contributed by atoms with van der Waals surface area (Å²) in [5.41, 5.74) is 0.219. The molecule has 0 radical (unpaired) electrons. The van der Waals surface area contributed by atoms with Crippen LogP contribution in [0.15, 0.2) is 59.2 Å². The van der Waals surface area contributed by atoms with Crippen molar-refractivity contribution in [3.63, 3.8) is 0 Å². The summed E-state index contributed by atoms with van der Waals surface area (Å²) in [5, 5.41) is 3.73. The number of para-hydroxylation sites is 1. The average Bonchev–Trinajstić information content (AvgIpc) is 2.86. The van der Waals surface area contributed by atoms with Gasteiger partial charge in [0.25, 0.3) is 0 Å². The van der Waals surface area contributed by atoms with Crippen LogP contribution in [0.25, 0.3) is 17.1 Å². The van der Waals surface area contributed by atoms with E-state index in [0.29, 0.717) is 11.4 Å². The molecule has 0 amide bonds. The van der Waals surface area contributed by atoms with Crippen molar-refractivity contribution in [3.05, 3.63) is 64.9 Å². The molecule has 0 spiro atoms. The van der Waals surface area contributed by atoms with Gasteiger partial charge < -0.3 is 0 Å². The molecule has 3 aromatic rings. The van der Waals surface area contributed by atoms with E-state index in [9.17, 15) is 13.2 Å². The normalized spacial score (nSPS) is 11.6. The number of benzene rings is 1. The Balaban J connectivity index is 2.29. The molecule has 0 aliphatic rings. The molecule has 3 nitrogen and oxygen atoms in total. The van der Waals surface area contributed by atoms with Gasteiger partial charge in [0.15, 0.2) is 5.69 Å². The molecule has 3 rings (SSSR count). The van der Waals surface area contributed by atoms with E-state index in [1.807, 2.05) is 0 Å². The zero-order valence-corrected chi connectivity index (χ0v) is 12.6. The summed E-state index contributed by atoms with van der Waals surface area (Å²) in [5.74, 6) is 0. The van der Waals surface area contributed by atoms with Crippen LogP contribution in [0, 0.1) is 0 Å². The molecule has 0 saturated heterocycles. The first-order valence-electron chi connectivity index (χ1n) is 6.31. The lowest BCUT2D eigenvalue weighted by molar-refractivity contribution is -0.141. The van der Waals surface area contributed by atoms with Gasteiger partial charge in [0.1, 0.15) is 5.69 Å². The molecule has 1 aromatic carbocycles. The minimum Gasteiger partial charge on any atom is -0.255 e.